The summed E-state index contributed by atoms with van der Waals surface area (Å²) in [5.41, 5.74) is 0.476. The number of amides is 1. The van der Waals surface area contributed by atoms with Gasteiger partial charge >= 0.3 is 0 Å². The zero-order valence-corrected chi connectivity index (χ0v) is 13.7. The van der Waals surface area contributed by atoms with E-state index in [0.717, 1.165) is 6.07 Å². The number of primary sulfonamides is 1. The molecule has 0 spiro atoms. The fourth-order valence-corrected chi connectivity index (χ4v) is 3.10. The van der Waals surface area contributed by atoms with Gasteiger partial charge < -0.3 is 5.32 Å². The van der Waals surface area contributed by atoms with E-state index < -0.39 is 21.7 Å². The number of carbonyl (C=O) groups is 1. The van der Waals surface area contributed by atoms with E-state index in [9.17, 15) is 17.6 Å². The Labute approximate surface area is 138 Å². The monoisotopic (exact) mass is 356 g/mol. The normalized spacial score (nSPS) is 11.3. The maximum Gasteiger partial charge on any atom is 0.258 e. The van der Waals surface area contributed by atoms with Crippen molar-refractivity contribution in [2.45, 2.75) is 18.2 Å². The maximum atomic E-state index is 13.7. The molecule has 0 heterocycles. The van der Waals surface area contributed by atoms with Gasteiger partial charge in [-0.1, -0.05) is 24.6 Å². The van der Waals surface area contributed by atoms with Crippen molar-refractivity contribution in [1.29, 1.82) is 0 Å². The van der Waals surface area contributed by atoms with E-state index in [1.54, 1.807) is 13.0 Å². The van der Waals surface area contributed by atoms with Gasteiger partial charge in [0.05, 0.1) is 10.5 Å². The summed E-state index contributed by atoms with van der Waals surface area (Å²) in [4.78, 5) is 12.0. The molecule has 3 N–H and O–H groups in total. The lowest BCUT2D eigenvalue weighted by molar-refractivity contribution is 0.102. The van der Waals surface area contributed by atoms with E-state index >= 15 is 0 Å². The average Bonchev–Trinajstić information content (AvgIpc) is 2.48. The number of hydrogen-bond acceptors (Lipinski definition) is 3. The second kappa shape index (κ2) is 6.66. The Bertz CT molecular complexity index is 869. The number of carbonyl (C=O) groups excluding carboxylic acids is 1. The molecule has 0 aliphatic heterocycles. The molecule has 0 aromatic heterocycles. The number of benzene rings is 2. The molecule has 23 heavy (non-hydrogen) atoms. The number of anilines is 1. The molecule has 0 saturated heterocycles. The summed E-state index contributed by atoms with van der Waals surface area (Å²) < 4.78 is 36.9. The van der Waals surface area contributed by atoms with Gasteiger partial charge in [-0.3, -0.25) is 4.79 Å². The molecule has 0 saturated carbocycles. The highest BCUT2D eigenvalue weighted by atomic mass is 35.5. The van der Waals surface area contributed by atoms with Crippen LogP contribution in [0, 0.1) is 5.82 Å². The molecule has 2 aromatic carbocycles. The summed E-state index contributed by atoms with van der Waals surface area (Å²) in [6, 6.07) is 7.90. The molecule has 0 unspecified atom stereocenters. The molecule has 0 aliphatic rings. The number of hydrogen-bond donors (Lipinski definition) is 2. The Morgan fingerprint density at radius 1 is 1.26 bits per heavy atom. The van der Waals surface area contributed by atoms with E-state index in [0.29, 0.717) is 12.0 Å². The number of nitrogens with two attached hydrogens (primary N) is 1. The van der Waals surface area contributed by atoms with Crippen molar-refractivity contribution >= 4 is 33.2 Å². The number of nitrogens with one attached hydrogen (secondary N) is 1. The van der Waals surface area contributed by atoms with Crippen LogP contribution in [0.2, 0.25) is 5.02 Å². The van der Waals surface area contributed by atoms with Gasteiger partial charge in [-0.05, 0) is 42.3 Å². The van der Waals surface area contributed by atoms with Crippen LogP contribution < -0.4 is 10.5 Å². The van der Waals surface area contributed by atoms with Gasteiger partial charge in [0.2, 0.25) is 10.0 Å². The number of sulfonamides is 1. The molecule has 0 bridgehead atoms. The van der Waals surface area contributed by atoms with Crippen molar-refractivity contribution in [2.24, 2.45) is 5.14 Å². The zero-order chi connectivity index (χ0) is 17.2. The van der Waals surface area contributed by atoms with Gasteiger partial charge in [0, 0.05) is 10.7 Å². The lowest BCUT2D eigenvalue weighted by Crippen LogP contribution is -2.17. The first-order valence-electron chi connectivity index (χ1n) is 6.64. The van der Waals surface area contributed by atoms with Crippen LogP contribution in [0.15, 0.2) is 41.3 Å². The maximum absolute atomic E-state index is 13.7. The number of halogens is 2. The number of aryl methyl sites for hydroxylation is 1. The minimum Gasteiger partial charge on any atom is -0.322 e. The van der Waals surface area contributed by atoms with Crippen LogP contribution in [0.3, 0.4) is 0 Å². The summed E-state index contributed by atoms with van der Waals surface area (Å²) >= 11 is 5.75. The molecular formula is C15H14ClFN2O3S. The summed E-state index contributed by atoms with van der Waals surface area (Å²) in [6.45, 7) is 1.78. The first-order valence-corrected chi connectivity index (χ1v) is 8.57. The van der Waals surface area contributed by atoms with Gasteiger partial charge in [0.25, 0.3) is 5.91 Å². The molecule has 122 valence electrons. The minimum absolute atomic E-state index is 0.0793. The SMILES string of the molecule is CCc1ccc(NC(=O)c2cc(Cl)ccc2F)cc1S(N)(=O)=O. The van der Waals surface area contributed by atoms with Crippen LogP contribution in [0.25, 0.3) is 0 Å². The van der Waals surface area contributed by atoms with Crippen molar-refractivity contribution in [3.8, 4) is 0 Å². The van der Waals surface area contributed by atoms with Crippen LogP contribution >= 0.6 is 11.6 Å². The van der Waals surface area contributed by atoms with Gasteiger partial charge in [-0.15, -0.1) is 0 Å². The smallest absolute Gasteiger partial charge is 0.258 e. The Hall–Kier alpha value is -1.96. The Morgan fingerprint density at radius 2 is 1.96 bits per heavy atom. The molecule has 5 nitrogen and oxygen atoms in total. The van der Waals surface area contributed by atoms with Gasteiger partial charge in [-0.2, -0.15) is 0 Å². The quantitative estimate of drug-likeness (QED) is 0.882. The second-order valence-electron chi connectivity index (χ2n) is 4.80. The van der Waals surface area contributed by atoms with E-state index in [1.165, 1.54) is 24.3 Å². The van der Waals surface area contributed by atoms with Crippen molar-refractivity contribution in [3.63, 3.8) is 0 Å². The second-order valence-corrected chi connectivity index (χ2v) is 6.77. The molecular weight excluding hydrogens is 343 g/mol. The molecule has 0 fully saturated rings. The lowest BCUT2D eigenvalue weighted by atomic mass is 10.1. The van der Waals surface area contributed by atoms with Crippen LogP contribution in [-0.4, -0.2) is 14.3 Å². The molecule has 8 heteroatoms. The lowest BCUT2D eigenvalue weighted by Gasteiger charge is -2.10. The Kier molecular flexibility index (Phi) is 5.03. The largest absolute Gasteiger partial charge is 0.322 e. The number of rotatable bonds is 4. The van der Waals surface area contributed by atoms with Crippen LogP contribution in [0.4, 0.5) is 10.1 Å². The van der Waals surface area contributed by atoms with Crippen molar-refractivity contribution in [2.75, 3.05) is 5.32 Å². The Morgan fingerprint density at radius 3 is 2.57 bits per heavy atom. The topological polar surface area (TPSA) is 89.3 Å². The third kappa shape index (κ3) is 4.07. The van der Waals surface area contributed by atoms with E-state index in [2.05, 4.69) is 5.32 Å². The van der Waals surface area contributed by atoms with E-state index in [-0.39, 0.29) is 21.2 Å². The fourth-order valence-electron chi connectivity index (χ4n) is 2.06. The van der Waals surface area contributed by atoms with Gasteiger partial charge in [0.15, 0.2) is 0 Å². The predicted molar refractivity (Wildman–Crippen MR) is 86.6 cm³/mol. The first kappa shape index (κ1) is 17.4. The van der Waals surface area contributed by atoms with E-state index in [1.807, 2.05) is 0 Å². The van der Waals surface area contributed by atoms with Crippen LogP contribution in [-0.2, 0) is 16.4 Å². The van der Waals surface area contributed by atoms with Crippen molar-refractivity contribution < 1.29 is 17.6 Å². The predicted octanol–water partition coefficient (Wildman–Crippen LogP) is 2.94. The van der Waals surface area contributed by atoms with Crippen molar-refractivity contribution in [1.82, 2.24) is 0 Å². The molecule has 0 radical (unpaired) electrons. The molecule has 0 atom stereocenters. The highest BCUT2D eigenvalue weighted by molar-refractivity contribution is 7.89. The third-order valence-corrected chi connectivity index (χ3v) is 4.41. The molecule has 2 rings (SSSR count). The fraction of sp³-hybridized carbons (Fsp3) is 0.133. The highest BCUT2D eigenvalue weighted by Gasteiger charge is 2.16. The highest BCUT2D eigenvalue weighted by Crippen LogP contribution is 2.22. The van der Waals surface area contributed by atoms with Crippen LogP contribution in [0.5, 0.6) is 0 Å². The van der Waals surface area contributed by atoms with Gasteiger partial charge in [0.1, 0.15) is 5.82 Å². The zero-order valence-electron chi connectivity index (χ0n) is 12.1. The van der Waals surface area contributed by atoms with E-state index in [4.69, 9.17) is 16.7 Å². The van der Waals surface area contributed by atoms with Crippen molar-refractivity contribution in [3.05, 3.63) is 58.4 Å². The molecule has 0 aliphatic carbocycles. The van der Waals surface area contributed by atoms with Crippen LogP contribution in [0.1, 0.15) is 22.8 Å². The first-order chi connectivity index (χ1) is 10.7. The summed E-state index contributed by atoms with van der Waals surface area (Å²) in [5.74, 6) is -1.47. The summed E-state index contributed by atoms with van der Waals surface area (Å²) in [6.07, 6.45) is 0.461. The van der Waals surface area contributed by atoms with Gasteiger partial charge in [-0.25, -0.2) is 17.9 Å². The minimum atomic E-state index is -3.93. The summed E-state index contributed by atoms with van der Waals surface area (Å²) in [7, 11) is -3.93. The Balaban J connectivity index is 2.37. The third-order valence-electron chi connectivity index (χ3n) is 3.19. The molecule has 1 amide bonds. The summed E-state index contributed by atoms with van der Waals surface area (Å²) in [5, 5.41) is 7.81. The standard InChI is InChI=1S/C15H14ClFN2O3S/c1-2-9-3-5-11(8-14(9)23(18,21)22)19-15(20)12-7-10(16)4-6-13(12)17/h3-8H,2H2,1H3,(H,19,20)(H2,18,21,22). The average molecular weight is 357 g/mol. The molecule has 2 aromatic rings.